The Morgan fingerprint density at radius 2 is 2.12 bits per heavy atom. The first-order valence-corrected chi connectivity index (χ1v) is 8.95. The van der Waals surface area contributed by atoms with E-state index in [2.05, 4.69) is 20.3 Å². The Kier molecular flexibility index (Phi) is 4.29. The van der Waals surface area contributed by atoms with E-state index in [1.165, 1.54) is 11.8 Å². The Labute approximate surface area is 152 Å². The molecule has 8 nitrogen and oxygen atoms in total. The Hall–Kier alpha value is -2.94. The summed E-state index contributed by atoms with van der Waals surface area (Å²) in [4.78, 5) is 34.0. The van der Waals surface area contributed by atoms with Gasteiger partial charge in [-0.2, -0.15) is 0 Å². The molecule has 0 radical (unpaired) electrons. The first-order valence-electron chi connectivity index (χ1n) is 7.96. The number of carbonyl (C=O) groups is 1. The van der Waals surface area contributed by atoms with Gasteiger partial charge in [-0.3, -0.25) is 14.6 Å². The van der Waals surface area contributed by atoms with E-state index in [0.29, 0.717) is 34.2 Å². The van der Waals surface area contributed by atoms with Crippen LogP contribution in [0.5, 0.6) is 11.5 Å². The van der Waals surface area contributed by atoms with Crippen molar-refractivity contribution in [1.29, 1.82) is 0 Å². The number of fused-ring (bicyclic) bond motifs is 2. The van der Waals surface area contributed by atoms with Crippen LogP contribution in [0.3, 0.4) is 0 Å². The van der Waals surface area contributed by atoms with Gasteiger partial charge in [-0.05, 0) is 30.7 Å². The van der Waals surface area contributed by atoms with Crippen molar-refractivity contribution in [3.8, 4) is 11.5 Å². The molecule has 0 saturated carbocycles. The van der Waals surface area contributed by atoms with Gasteiger partial charge in [0, 0.05) is 12.2 Å². The lowest BCUT2D eigenvalue weighted by molar-refractivity contribution is -0.118. The lowest BCUT2D eigenvalue weighted by Crippen LogP contribution is -2.24. The fourth-order valence-corrected chi connectivity index (χ4v) is 3.34. The maximum Gasteiger partial charge on any atom is 0.275 e. The Bertz CT molecular complexity index is 1040. The predicted octanol–water partition coefficient (Wildman–Crippen LogP) is 1.70. The first kappa shape index (κ1) is 16.5. The quantitative estimate of drug-likeness (QED) is 0.465. The van der Waals surface area contributed by atoms with Gasteiger partial charge in [0.2, 0.25) is 12.7 Å². The van der Waals surface area contributed by atoms with Crippen LogP contribution >= 0.6 is 11.8 Å². The van der Waals surface area contributed by atoms with Gasteiger partial charge in [0.25, 0.3) is 5.56 Å². The largest absolute Gasteiger partial charge is 0.454 e. The minimum Gasteiger partial charge on any atom is -0.454 e. The molecule has 3 heterocycles. The molecule has 1 aliphatic rings. The lowest BCUT2D eigenvalue weighted by Gasteiger charge is -2.06. The molecule has 3 N–H and O–H groups in total. The number of carbonyl (C=O) groups excluding carboxylic acids is 1. The van der Waals surface area contributed by atoms with Crippen molar-refractivity contribution in [2.75, 3.05) is 12.5 Å². The summed E-state index contributed by atoms with van der Waals surface area (Å²) in [7, 11) is 0. The zero-order valence-electron chi connectivity index (χ0n) is 13.9. The number of hydrogen-bond donors (Lipinski definition) is 3. The molecule has 26 heavy (non-hydrogen) atoms. The van der Waals surface area contributed by atoms with Crippen LogP contribution in [0.15, 0.2) is 34.2 Å². The summed E-state index contributed by atoms with van der Waals surface area (Å²) < 4.78 is 10.6. The van der Waals surface area contributed by atoms with Crippen LogP contribution < -0.4 is 20.3 Å². The molecule has 0 atom stereocenters. The Balaban J connectivity index is 1.34. The van der Waals surface area contributed by atoms with Crippen molar-refractivity contribution in [3.05, 3.63) is 45.9 Å². The molecule has 9 heteroatoms. The number of thioether (sulfide) groups is 1. The maximum absolute atomic E-state index is 12.1. The summed E-state index contributed by atoms with van der Waals surface area (Å²) in [5.74, 6) is 1.40. The van der Waals surface area contributed by atoms with Gasteiger partial charge in [0.15, 0.2) is 16.7 Å². The van der Waals surface area contributed by atoms with E-state index in [9.17, 15) is 9.59 Å². The first-order chi connectivity index (χ1) is 12.6. The molecule has 1 aromatic carbocycles. The number of H-pyrrole nitrogens is 2. The Morgan fingerprint density at radius 3 is 3.00 bits per heavy atom. The fraction of sp³-hybridized carbons (Fsp3) is 0.235. The summed E-state index contributed by atoms with van der Waals surface area (Å²) in [6, 6.07) is 7.34. The highest BCUT2D eigenvalue weighted by Crippen LogP contribution is 2.32. The number of aromatic amines is 2. The van der Waals surface area contributed by atoms with Crippen molar-refractivity contribution in [2.24, 2.45) is 0 Å². The summed E-state index contributed by atoms with van der Waals surface area (Å²) in [6.07, 6.45) is 0. The van der Waals surface area contributed by atoms with Gasteiger partial charge >= 0.3 is 0 Å². The van der Waals surface area contributed by atoms with E-state index in [1.807, 2.05) is 25.1 Å². The van der Waals surface area contributed by atoms with Crippen molar-refractivity contribution in [1.82, 2.24) is 20.3 Å². The van der Waals surface area contributed by atoms with Crippen LogP contribution in [-0.4, -0.2) is 33.4 Å². The average molecular weight is 372 g/mol. The number of aryl methyl sites for hydroxylation is 1. The molecule has 0 bridgehead atoms. The monoisotopic (exact) mass is 372 g/mol. The second-order valence-electron chi connectivity index (χ2n) is 5.84. The molecule has 0 spiro atoms. The molecular formula is C17H16N4O4S. The summed E-state index contributed by atoms with van der Waals surface area (Å²) in [5, 5.41) is 3.25. The molecule has 3 aromatic rings. The molecular weight excluding hydrogens is 356 g/mol. The second kappa shape index (κ2) is 6.75. The highest BCUT2D eigenvalue weighted by Gasteiger charge is 2.14. The topological polar surface area (TPSA) is 109 Å². The second-order valence-corrected chi connectivity index (χ2v) is 6.80. The van der Waals surface area contributed by atoms with Crippen molar-refractivity contribution < 1.29 is 14.3 Å². The number of benzene rings is 1. The molecule has 2 aromatic heterocycles. The number of aromatic nitrogens is 3. The molecule has 0 saturated heterocycles. The normalized spacial score (nSPS) is 12.5. The number of hydrogen-bond acceptors (Lipinski definition) is 6. The third-order valence-corrected chi connectivity index (χ3v) is 4.74. The van der Waals surface area contributed by atoms with Crippen LogP contribution in [0, 0.1) is 6.92 Å². The highest BCUT2D eigenvalue weighted by atomic mass is 32.2. The average Bonchev–Trinajstić information content (AvgIpc) is 3.23. The lowest BCUT2D eigenvalue weighted by atomic mass is 10.2. The molecule has 4 rings (SSSR count). The summed E-state index contributed by atoms with van der Waals surface area (Å²) in [5.41, 5.74) is 2.57. The minimum absolute atomic E-state index is 0.152. The van der Waals surface area contributed by atoms with Crippen LogP contribution in [0.25, 0.3) is 11.0 Å². The van der Waals surface area contributed by atoms with E-state index in [1.54, 1.807) is 6.07 Å². The zero-order valence-corrected chi connectivity index (χ0v) is 14.7. The molecule has 1 amide bonds. The van der Waals surface area contributed by atoms with Crippen LogP contribution in [0.2, 0.25) is 0 Å². The van der Waals surface area contributed by atoms with E-state index in [-0.39, 0.29) is 24.0 Å². The molecule has 134 valence electrons. The van der Waals surface area contributed by atoms with Gasteiger partial charge in [0.05, 0.1) is 11.3 Å². The number of nitrogens with one attached hydrogen (secondary N) is 3. The maximum atomic E-state index is 12.1. The number of nitrogens with zero attached hydrogens (tertiary/aromatic N) is 1. The fourth-order valence-electron chi connectivity index (χ4n) is 2.64. The van der Waals surface area contributed by atoms with Gasteiger partial charge in [0.1, 0.15) is 5.52 Å². The number of ether oxygens (including phenoxy) is 2. The number of rotatable bonds is 5. The third-order valence-electron chi connectivity index (χ3n) is 3.87. The van der Waals surface area contributed by atoms with Gasteiger partial charge in [-0.1, -0.05) is 17.8 Å². The molecule has 1 aliphatic heterocycles. The van der Waals surface area contributed by atoms with Crippen molar-refractivity contribution >= 4 is 28.7 Å². The van der Waals surface area contributed by atoms with Crippen LogP contribution in [-0.2, 0) is 11.3 Å². The molecule has 0 fully saturated rings. The number of amides is 1. The van der Waals surface area contributed by atoms with Crippen LogP contribution in [0.4, 0.5) is 0 Å². The summed E-state index contributed by atoms with van der Waals surface area (Å²) in [6.45, 7) is 2.46. The highest BCUT2D eigenvalue weighted by molar-refractivity contribution is 7.99. The Morgan fingerprint density at radius 1 is 1.27 bits per heavy atom. The predicted molar refractivity (Wildman–Crippen MR) is 96.6 cm³/mol. The van der Waals surface area contributed by atoms with Gasteiger partial charge < -0.3 is 19.8 Å². The van der Waals surface area contributed by atoms with E-state index in [0.717, 1.165) is 11.3 Å². The van der Waals surface area contributed by atoms with Crippen molar-refractivity contribution in [2.45, 2.75) is 18.6 Å². The van der Waals surface area contributed by atoms with Crippen molar-refractivity contribution in [3.63, 3.8) is 0 Å². The zero-order chi connectivity index (χ0) is 18.1. The van der Waals surface area contributed by atoms with Crippen LogP contribution in [0.1, 0.15) is 11.3 Å². The SMILES string of the molecule is Cc1cc2nc(SCC(=O)NCc3ccc4c(c3)OCO4)[nH]c(=O)c2[nH]1. The summed E-state index contributed by atoms with van der Waals surface area (Å²) >= 11 is 1.18. The minimum atomic E-state index is -0.244. The molecule has 0 unspecified atom stereocenters. The van der Waals surface area contributed by atoms with Gasteiger partial charge in [-0.25, -0.2) is 4.98 Å². The van der Waals surface area contributed by atoms with E-state index < -0.39 is 0 Å². The van der Waals surface area contributed by atoms with E-state index >= 15 is 0 Å². The standard InChI is InChI=1S/C17H16N4O4S/c1-9-4-11-15(19-9)16(23)21-17(20-11)26-7-14(22)18-6-10-2-3-12-13(5-10)25-8-24-12/h2-5,19H,6-8H2,1H3,(H,18,22)(H,20,21,23). The third kappa shape index (κ3) is 3.38. The van der Waals surface area contributed by atoms with Gasteiger partial charge in [-0.15, -0.1) is 0 Å². The van der Waals surface area contributed by atoms with E-state index in [4.69, 9.17) is 9.47 Å². The molecule has 0 aliphatic carbocycles. The smallest absolute Gasteiger partial charge is 0.275 e.